The van der Waals surface area contributed by atoms with Crippen molar-refractivity contribution in [2.24, 2.45) is 0 Å². The first-order valence-corrected chi connectivity index (χ1v) is 4.54. The Hall–Kier alpha value is -0.900. The van der Waals surface area contributed by atoms with E-state index in [1.54, 1.807) is 6.92 Å². The van der Waals surface area contributed by atoms with Gasteiger partial charge in [0, 0.05) is 6.20 Å². The zero-order valence-corrected chi connectivity index (χ0v) is 8.98. The summed E-state index contributed by atoms with van der Waals surface area (Å²) in [4.78, 5) is 3.58. The maximum atomic E-state index is 11.7. The third kappa shape index (κ3) is 4.37. The summed E-state index contributed by atoms with van der Waals surface area (Å²) in [7, 11) is 0. The van der Waals surface area contributed by atoms with Crippen LogP contribution in [0.4, 0.5) is 8.78 Å². The molecule has 0 spiro atoms. The van der Waals surface area contributed by atoms with E-state index in [9.17, 15) is 8.78 Å². The van der Waals surface area contributed by atoms with Crippen LogP contribution in [-0.4, -0.2) is 11.6 Å². The van der Waals surface area contributed by atoms with Crippen molar-refractivity contribution in [1.82, 2.24) is 4.98 Å². The predicted octanol–water partition coefficient (Wildman–Crippen LogP) is 3.67. The molecule has 5 heteroatoms. The van der Waals surface area contributed by atoms with Gasteiger partial charge in [-0.3, -0.25) is 0 Å². The number of aryl methyl sites for hydroxylation is 1. The molecule has 0 saturated carbocycles. The number of alkyl halides is 2. The molecule has 0 aliphatic rings. The Labute approximate surface area is 86.9 Å². The molecule has 1 heterocycles. The van der Waals surface area contributed by atoms with Gasteiger partial charge in [0.05, 0.1) is 0 Å². The molecule has 0 atom stereocenters. The zero-order valence-electron chi connectivity index (χ0n) is 8.22. The zero-order chi connectivity index (χ0) is 11.1. The van der Waals surface area contributed by atoms with Crippen LogP contribution in [0.3, 0.4) is 0 Å². The summed E-state index contributed by atoms with van der Waals surface area (Å²) in [5.41, 5.74) is 0.793. The van der Waals surface area contributed by atoms with E-state index in [1.165, 1.54) is 12.3 Å². The monoisotopic (exact) mass is 223 g/mol. The first-order chi connectivity index (χ1) is 6.59. The van der Waals surface area contributed by atoms with E-state index in [-0.39, 0.29) is 10.9 Å². The van der Waals surface area contributed by atoms with Crippen LogP contribution in [0.15, 0.2) is 12.3 Å². The Bertz CT molecular complexity index is 282. The average molecular weight is 224 g/mol. The molecular formula is C9H12ClF2NO. The van der Waals surface area contributed by atoms with Crippen molar-refractivity contribution in [3.05, 3.63) is 22.8 Å². The molecule has 0 unspecified atom stereocenters. The highest BCUT2D eigenvalue weighted by molar-refractivity contribution is 6.31. The van der Waals surface area contributed by atoms with Crippen molar-refractivity contribution < 1.29 is 13.5 Å². The highest BCUT2D eigenvalue weighted by Gasteiger charge is 2.09. The van der Waals surface area contributed by atoms with Crippen LogP contribution < -0.4 is 4.74 Å². The summed E-state index contributed by atoms with van der Waals surface area (Å²) in [6.07, 6.45) is 1.41. The Morgan fingerprint density at radius 3 is 2.43 bits per heavy atom. The van der Waals surface area contributed by atoms with Crippen molar-refractivity contribution in [3.63, 3.8) is 0 Å². The summed E-state index contributed by atoms with van der Waals surface area (Å²) in [5.74, 6) is -0.239. The number of hydrogen-bond acceptors (Lipinski definition) is 2. The van der Waals surface area contributed by atoms with E-state index < -0.39 is 6.61 Å². The lowest BCUT2D eigenvalue weighted by Gasteiger charge is -2.04. The summed E-state index contributed by atoms with van der Waals surface area (Å²) >= 11 is 5.55. The number of halogens is 3. The molecule has 0 fully saturated rings. The fourth-order valence-corrected chi connectivity index (χ4v) is 0.958. The number of nitrogens with zero attached hydrogens (tertiary/aromatic N) is 1. The predicted molar refractivity (Wildman–Crippen MR) is 52.0 cm³/mol. The van der Waals surface area contributed by atoms with Gasteiger partial charge in [-0.2, -0.15) is 8.78 Å². The minimum absolute atomic E-state index is 0.0929. The third-order valence-electron chi connectivity index (χ3n) is 1.14. The SMILES string of the molecule is CC.Cc1cnc(OC(F)F)c(Cl)c1. The van der Waals surface area contributed by atoms with Crippen LogP contribution >= 0.6 is 11.6 Å². The fourth-order valence-electron chi connectivity index (χ4n) is 0.692. The lowest BCUT2D eigenvalue weighted by Crippen LogP contribution is -2.03. The molecule has 1 aromatic heterocycles. The second kappa shape index (κ2) is 6.54. The van der Waals surface area contributed by atoms with Crippen molar-refractivity contribution in [1.29, 1.82) is 0 Å². The van der Waals surface area contributed by atoms with E-state index >= 15 is 0 Å². The second-order valence-electron chi connectivity index (χ2n) is 2.18. The van der Waals surface area contributed by atoms with Gasteiger partial charge in [0.25, 0.3) is 0 Å². The summed E-state index contributed by atoms with van der Waals surface area (Å²) in [5, 5.41) is 0.0929. The van der Waals surface area contributed by atoms with Gasteiger partial charge in [0.15, 0.2) is 0 Å². The maximum Gasteiger partial charge on any atom is 0.388 e. The molecule has 1 rings (SSSR count). The van der Waals surface area contributed by atoms with Crippen LogP contribution in [0.5, 0.6) is 5.88 Å². The highest BCUT2D eigenvalue weighted by Crippen LogP contribution is 2.23. The van der Waals surface area contributed by atoms with Gasteiger partial charge in [0.2, 0.25) is 5.88 Å². The number of pyridine rings is 1. The Balaban J connectivity index is 0.000000791. The van der Waals surface area contributed by atoms with Gasteiger partial charge in [-0.15, -0.1) is 0 Å². The lowest BCUT2D eigenvalue weighted by molar-refractivity contribution is -0.0527. The molecule has 0 aromatic carbocycles. The Morgan fingerprint density at radius 1 is 1.43 bits per heavy atom. The average Bonchev–Trinajstić information content (AvgIpc) is 2.13. The Kier molecular flexibility index (Phi) is 6.12. The first-order valence-electron chi connectivity index (χ1n) is 4.16. The van der Waals surface area contributed by atoms with Crippen LogP contribution in [0, 0.1) is 6.92 Å². The molecule has 0 bridgehead atoms. The lowest BCUT2D eigenvalue weighted by atomic mass is 10.3. The van der Waals surface area contributed by atoms with Crippen molar-refractivity contribution in [2.75, 3.05) is 0 Å². The number of aromatic nitrogens is 1. The molecule has 0 aliphatic carbocycles. The minimum atomic E-state index is -2.89. The number of hydrogen-bond donors (Lipinski definition) is 0. The van der Waals surface area contributed by atoms with Crippen LogP contribution in [0.2, 0.25) is 5.02 Å². The number of ether oxygens (including phenoxy) is 1. The molecule has 1 aromatic rings. The normalized spacial score (nSPS) is 9.36. The summed E-state index contributed by atoms with van der Waals surface area (Å²) < 4.78 is 27.4. The van der Waals surface area contributed by atoms with Crippen LogP contribution in [0.25, 0.3) is 0 Å². The van der Waals surface area contributed by atoms with Crippen molar-refractivity contribution in [2.45, 2.75) is 27.4 Å². The molecule has 0 N–H and O–H groups in total. The Morgan fingerprint density at radius 2 is 2.00 bits per heavy atom. The molecule has 0 amide bonds. The van der Waals surface area contributed by atoms with Crippen LogP contribution in [-0.2, 0) is 0 Å². The van der Waals surface area contributed by atoms with Crippen molar-refractivity contribution >= 4 is 11.6 Å². The van der Waals surface area contributed by atoms with E-state index in [4.69, 9.17) is 11.6 Å². The second-order valence-corrected chi connectivity index (χ2v) is 2.59. The molecular weight excluding hydrogens is 212 g/mol. The van der Waals surface area contributed by atoms with Crippen molar-refractivity contribution in [3.8, 4) is 5.88 Å². The smallest absolute Gasteiger partial charge is 0.388 e. The fraction of sp³-hybridized carbons (Fsp3) is 0.444. The van der Waals surface area contributed by atoms with Gasteiger partial charge >= 0.3 is 6.61 Å². The van der Waals surface area contributed by atoms with Gasteiger partial charge in [-0.25, -0.2) is 4.98 Å². The molecule has 0 saturated heterocycles. The molecule has 80 valence electrons. The van der Waals surface area contributed by atoms with Crippen LogP contribution in [0.1, 0.15) is 19.4 Å². The topological polar surface area (TPSA) is 22.1 Å². The van der Waals surface area contributed by atoms with E-state index in [0.717, 1.165) is 5.56 Å². The molecule has 0 aliphatic heterocycles. The molecule has 0 radical (unpaired) electrons. The van der Waals surface area contributed by atoms with Gasteiger partial charge in [-0.1, -0.05) is 25.4 Å². The standard InChI is InChI=1S/C7H6ClF2NO.C2H6/c1-4-2-5(8)6(11-3-4)12-7(9)10;1-2/h2-3,7H,1H3;1-2H3. The van der Waals surface area contributed by atoms with E-state index in [0.29, 0.717) is 0 Å². The van der Waals surface area contributed by atoms with Gasteiger partial charge in [-0.05, 0) is 18.6 Å². The van der Waals surface area contributed by atoms with E-state index in [2.05, 4.69) is 9.72 Å². The van der Waals surface area contributed by atoms with E-state index in [1.807, 2.05) is 13.8 Å². The molecule has 2 nitrogen and oxygen atoms in total. The summed E-state index contributed by atoms with van der Waals surface area (Å²) in [6, 6.07) is 1.51. The van der Waals surface area contributed by atoms with Gasteiger partial charge < -0.3 is 4.74 Å². The molecule has 14 heavy (non-hydrogen) atoms. The minimum Gasteiger partial charge on any atom is -0.415 e. The first kappa shape index (κ1) is 13.1. The largest absolute Gasteiger partial charge is 0.415 e. The quantitative estimate of drug-likeness (QED) is 0.763. The third-order valence-corrected chi connectivity index (χ3v) is 1.42. The highest BCUT2D eigenvalue weighted by atomic mass is 35.5. The van der Waals surface area contributed by atoms with Gasteiger partial charge in [0.1, 0.15) is 5.02 Å². The number of rotatable bonds is 2. The maximum absolute atomic E-state index is 11.7. The summed E-state index contributed by atoms with van der Waals surface area (Å²) in [6.45, 7) is 2.86.